The quantitative estimate of drug-likeness (QED) is 0.460. The zero-order chi connectivity index (χ0) is 20.3. The Bertz CT molecular complexity index is 835. The first-order chi connectivity index (χ1) is 13.5. The molecule has 0 spiro atoms. The number of aliphatic hydroxyl groups is 2. The van der Waals surface area contributed by atoms with E-state index in [2.05, 4.69) is 19.1 Å². The third kappa shape index (κ3) is 3.91. The standard InChI is InChI=1S/C21H24N2O5/c1-2-3-13-4-6-14(7-5-13)15-8-10-16(11-9-15)21(27)23-12-17(24)19(25)18(23)20(26)22-28/h4-11,17-19,24-25,28H,2-3,12H2,1H3,(H,22,26)/t17-,18-,19-/m0/s1. The van der Waals surface area contributed by atoms with Crippen LogP contribution in [0.2, 0.25) is 0 Å². The highest BCUT2D eigenvalue weighted by molar-refractivity contribution is 5.98. The van der Waals surface area contributed by atoms with Crippen molar-refractivity contribution in [2.24, 2.45) is 0 Å². The summed E-state index contributed by atoms with van der Waals surface area (Å²) in [6.45, 7) is 1.94. The van der Waals surface area contributed by atoms with Gasteiger partial charge in [0, 0.05) is 5.56 Å². The minimum absolute atomic E-state index is 0.196. The van der Waals surface area contributed by atoms with Crippen molar-refractivity contribution in [1.29, 1.82) is 0 Å². The number of aliphatic hydroxyl groups excluding tert-OH is 2. The summed E-state index contributed by atoms with van der Waals surface area (Å²) in [5, 5.41) is 28.6. The molecule has 7 heteroatoms. The van der Waals surface area contributed by atoms with Crippen molar-refractivity contribution in [2.45, 2.75) is 38.0 Å². The van der Waals surface area contributed by atoms with Crippen molar-refractivity contribution >= 4 is 11.8 Å². The van der Waals surface area contributed by atoms with E-state index >= 15 is 0 Å². The molecule has 28 heavy (non-hydrogen) atoms. The van der Waals surface area contributed by atoms with Crippen LogP contribution in [-0.2, 0) is 11.2 Å². The van der Waals surface area contributed by atoms with E-state index in [9.17, 15) is 19.8 Å². The van der Waals surface area contributed by atoms with Gasteiger partial charge in [-0.15, -0.1) is 0 Å². The number of nitrogens with one attached hydrogen (secondary N) is 1. The predicted octanol–water partition coefficient (Wildman–Crippen LogP) is 1.36. The van der Waals surface area contributed by atoms with E-state index in [1.54, 1.807) is 12.1 Å². The second-order valence-electron chi connectivity index (χ2n) is 6.96. The van der Waals surface area contributed by atoms with Crippen LogP contribution in [0.3, 0.4) is 0 Å². The first kappa shape index (κ1) is 20.0. The Morgan fingerprint density at radius 2 is 1.61 bits per heavy atom. The molecule has 1 fully saturated rings. The Morgan fingerprint density at radius 3 is 2.14 bits per heavy atom. The van der Waals surface area contributed by atoms with Crippen LogP contribution in [0.4, 0.5) is 0 Å². The third-order valence-electron chi connectivity index (χ3n) is 5.03. The van der Waals surface area contributed by atoms with Crippen molar-refractivity contribution in [1.82, 2.24) is 10.4 Å². The summed E-state index contributed by atoms with van der Waals surface area (Å²) in [4.78, 5) is 25.6. The molecule has 0 aliphatic carbocycles. The maximum Gasteiger partial charge on any atom is 0.268 e. The summed E-state index contributed by atoms with van der Waals surface area (Å²) >= 11 is 0. The lowest BCUT2D eigenvalue weighted by molar-refractivity contribution is -0.136. The molecule has 1 saturated heterocycles. The lowest BCUT2D eigenvalue weighted by Gasteiger charge is -2.24. The number of aryl methyl sites for hydroxylation is 1. The van der Waals surface area contributed by atoms with E-state index in [0.29, 0.717) is 5.56 Å². The smallest absolute Gasteiger partial charge is 0.268 e. The van der Waals surface area contributed by atoms with Crippen LogP contribution in [0.5, 0.6) is 0 Å². The molecule has 0 saturated carbocycles. The fourth-order valence-corrected chi connectivity index (χ4v) is 3.51. The Labute approximate surface area is 163 Å². The first-order valence-corrected chi connectivity index (χ1v) is 9.26. The highest BCUT2D eigenvalue weighted by atomic mass is 16.5. The SMILES string of the molecule is CCCc1ccc(-c2ccc(C(=O)N3C[C@H](O)[C@H](O)[C@H]3C(=O)NO)cc2)cc1. The minimum Gasteiger partial charge on any atom is -0.388 e. The molecule has 0 unspecified atom stereocenters. The average molecular weight is 384 g/mol. The summed E-state index contributed by atoms with van der Waals surface area (Å²) in [6.07, 6.45) is -0.598. The van der Waals surface area contributed by atoms with E-state index < -0.39 is 30.1 Å². The van der Waals surface area contributed by atoms with Gasteiger partial charge in [0.2, 0.25) is 0 Å². The van der Waals surface area contributed by atoms with Gasteiger partial charge in [0.05, 0.1) is 6.54 Å². The summed E-state index contributed by atoms with van der Waals surface area (Å²) in [5.74, 6) is -1.45. The van der Waals surface area contributed by atoms with Gasteiger partial charge in [0.1, 0.15) is 18.2 Å². The molecule has 4 N–H and O–H groups in total. The van der Waals surface area contributed by atoms with Crippen LogP contribution < -0.4 is 5.48 Å². The van der Waals surface area contributed by atoms with E-state index in [1.807, 2.05) is 24.3 Å². The molecular weight excluding hydrogens is 360 g/mol. The molecule has 3 atom stereocenters. The molecule has 0 aromatic heterocycles. The number of carbonyl (C=O) groups excluding carboxylic acids is 2. The molecule has 1 aliphatic rings. The van der Waals surface area contributed by atoms with Crippen LogP contribution in [0.15, 0.2) is 48.5 Å². The average Bonchev–Trinajstić information content (AvgIpc) is 3.02. The number of amides is 2. The maximum atomic E-state index is 12.8. The lowest BCUT2D eigenvalue weighted by Crippen LogP contribution is -2.49. The Hall–Kier alpha value is -2.74. The normalized spacial score (nSPS) is 21.6. The highest BCUT2D eigenvalue weighted by Gasteiger charge is 2.46. The number of hydrogen-bond acceptors (Lipinski definition) is 5. The number of carbonyl (C=O) groups is 2. The molecule has 3 rings (SSSR count). The van der Waals surface area contributed by atoms with Crippen LogP contribution in [0.25, 0.3) is 11.1 Å². The number of β-amino-alcohol motifs (C(OH)–C–C–N with tert-alkyl or cyclic N) is 1. The number of likely N-dealkylation sites (tertiary alicyclic amines) is 1. The third-order valence-corrected chi connectivity index (χ3v) is 5.03. The van der Waals surface area contributed by atoms with Crippen molar-refractivity contribution in [2.75, 3.05) is 6.54 Å². The van der Waals surface area contributed by atoms with E-state index in [-0.39, 0.29) is 6.54 Å². The molecular formula is C21H24N2O5. The fourth-order valence-electron chi connectivity index (χ4n) is 3.51. The van der Waals surface area contributed by atoms with Crippen LogP contribution in [0, 0.1) is 0 Å². The summed E-state index contributed by atoms with van der Waals surface area (Å²) in [5.41, 5.74) is 5.01. The van der Waals surface area contributed by atoms with Crippen molar-refractivity contribution in [3.05, 3.63) is 59.7 Å². The van der Waals surface area contributed by atoms with Gasteiger partial charge in [-0.05, 0) is 35.2 Å². The van der Waals surface area contributed by atoms with Crippen LogP contribution in [0.1, 0.15) is 29.3 Å². The predicted molar refractivity (Wildman–Crippen MR) is 103 cm³/mol. The van der Waals surface area contributed by atoms with Crippen molar-refractivity contribution in [3.63, 3.8) is 0 Å². The summed E-state index contributed by atoms with van der Waals surface area (Å²) < 4.78 is 0. The Balaban J connectivity index is 1.79. The first-order valence-electron chi connectivity index (χ1n) is 9.26. The van der Waals surface area contributed by atoms with Crippen molar-refractivity contribution < 1.29 is 25.0 Å². The zero-order valence-electron chi connectivity index (χ0n) is 15.6. The molecule has 7 nitrogen and oxygen atoms in total. The van der Waals surface area contributed by atoms with Crippen LogP contribution >= 0.6 is 0 Å². The molecule has 1 heterocycles. The molecule has 2 amide bonds. The van der Waals surface area contributed by atoms with E-state index in [0.717, 1.165) is 28.9 Å². The number of hydroxylamine groups is 1. The van der Waals surface area contributed by atoms with Gasteiger partial charge < -0.3 is 15.1 Å². The van der Waals surface area contributed by atoms with Crippen LogP contribution in [-0.4, -0.2) is 56.9 Å². The second-order valence-corrected chi connectivity index (χ2v) is 6.96. The van der Waals surface area contributed by atoms with Gasteiger partial charge >= 0.3 is 0 Å². The van der Waals surface area contributed by atoms with Gasteiger partial charge in [-0.1, -0.05) is 49.7 Å². The van der Waals surface area contributed by atoms with E-state index in [1.165, 1.54) is 11.0 Å². The number of benzene rings is 2. The topological polar surface area (TPSA) is 110 Å². The number of nitrogens with zero attached hydrogens (tertiary/aromatic N) is 1. The van der Waals surface area contributed by atoms with E-state index in [4.69, 9.17) is 5.21 Å². The van der Waals surface area contributed by atoms with Gasteiger partial charge in [-0.3, -0.25) is 14.8 Å². The molecule has 148 valence electrons. The zero-order valence-corrected chi connectivity index (χ0v) is 15.6. The molecule has 0 bridgehead atoms. The van der Waals surface area contributed by atoms with Crippen molar-refractivity contribution in [3.8, 4) is 11.1 Å². The largest absolute Gasteiger partial charge is 0.388 e. The maximum absolute atomic E-state index is 12.8. The molecule has 2 aromatic rings. The Kier molecular flexibility index (Phi) is 6.08. The summed E-state index contributed by atoms with van der Waals surface area (Å²) in [7, 11) is 0. The second kappa shape index (κ2) is 8.52. The minimum atomic E-state index is -1.46. The Morgan fingerprint density at radius 1 is 1.04 bits per heavy atom. The van der Waals surface area contributed by atoms with Gasteiger partial charge in [0.15, 0.2) is 0 Å². The number of rotatable bonds is 5. The lowest BCUT2D eigenvalue weighted by atomic mass is 10.0. The monoisotopic (exact) mass is 384 g/mol. The summed E-state index contributed by atoms with van der Waals surface area (Å²) in [6, 6.07) is 13.8. The molecule has 1 aliphatic heterocycles. The van der Waals surface area contributed by atoms with Gasteiger partial charge in [-0.25, -0.2) is 5.48 Å². The fraction of sp³-hybridized carbons (Fsp3) is 0.333. The molecule has 2 aromatic carbocycles. The number of hydrogen-bond donors (Lipinski definition) is 4. The molecule has 0 radical (unpaired) electrons. The highest BCUT2D eigenvalue weighted by Crippen LogP contribution is 2.24. The van der Waals surface area contributed by atoms with Gasteiger partial charge in [0.25, 0.3) is 11.8 Å². The van der Waals surface area contributed by atoms with Gasteiger partial charge in [-0.2, -0.15) is 0 Å².